The van der Waals surface area contributed by atoms with Crippen LogP contribution in [0.4, 0.5) is 11.6 Å². The molecule has 1 rings (SSSR count). The summed E-state index contributed by atoms with van der Waals surface area (Å²) in [5.74, 6) is 7.55. The lowest BCUT2D eigenvalue weighted by Crippen LogP contribution is -2.23. The number of hydrazine groups is 1. The molecule has 0 spiro atoms. The second-order valence-electron chi connectivity index (χ2n) is 3.92. The highest BCUT2D eigenvalue weighted by Gasteiger charge is 2.08. The SMILES string of the molecule is COCc1nc(NN)cc(NC(C)CS(C)=O)n1. The smallest absolute Gasteiger partial charge is 0.158 e. The van der Waals surface area contributed by atoms with Crippen LogP contribution in [0.5, 0.6) is 0 Å². The first-order valence-corrected chi connectivity index (χ1v) is 7.18. The number of aromatic nitrogens is 2. The molecule has 7 nitrogen and oxygen atoms in total. The van der Waals surface area contributed by atoms with E-state index in [0.29, 0.717) is 29.8 Å². The molecule has 0 saturated carbocycles. The number of hydrogen-bond acceptors (Lipinski definition) is 7. The fourth-order valence-corrected chi connectivity index (χ4v) is 2.27. The van der Waals surface area contributed by atoms with Crippen LogP contribution in [0.3, 0.4) is 0 Å². The molecule has 0 aromatic carbocycles. The second kappa shape index (κ2) is 7.24. The van der Waals surface area contributed by atoms with Gasteiger partial charge in [0.2, 0.25) is 0 Å². The molecule has 0 aliphatic carbocycles. The van der Waals surface area contributed by atoms with Crippen molar-refractivity contribution < 1.29 is 8.95 Å². The molecule has 18 heavy (non-hydrogen) atoms. The highest BCUT2D eigenvalue weighted by atomic mass is 32.2. The van der Waals surface area contributed by atoms with Gasteiger partial charge < -0.3 is 15.5 Å². The molecule has 2 atom stereocenters. The van der Waals surface area contributed by atoms with Gasteiger partial charge in [-0.25, -0.2) is 15.8 Å². The summed E-state index contributed by atoms with van der Waals surface area (Å²) >= 11 is 0. The lowest BCUT2D eigenvalue weighted by atomic mass is 10.4. The molecule has 1 aromatic heterocycles. The monoisotopic (exact) mass is 273 g/mol. The Morgan fingerprint density at radius 3 is 2.72 bits per heavy atom. The Hall–Kier alpha value is -1.25. The van der Waals surface area contributed by atoms with Gasteiger partial charge in [-0.2, -0.15) is 0 Å². The van der Waals surface area contributed by atoms with Gasteiger partial charge in [-0.1, -0.05) is 0 Å². The van der Waals surface area contributed by atoms with E-state index >= 15 is 0 Å². The number of anilines is 2. The van der Waals surface area contributed by atoms with Gasteiger partial charge in [0.25, 0.3) is 0 Å². The maximum atomic E-state index is 11.1. The van der Waals surface area contributed by atoms with Gasteiger partial charge in [0.05, 0.1) is 0 Å². The van der Waals surface area contributed by atoms with E-state index in [2.05, 4.69) is 20.7 Å². The minimum atomic E-state index is -0.856. The number of hydrogen-bond donors (Lipinski definition) is 3. The van der Waals surface area contributed by atoms with Crippen molar-refractivity contribution in [3.05, 3.63) is 11.9 Å². The van der Waals surface area contributed by atoms with E-state index in [9.17, 15) is 4.21 Å². The molecule has 4 N–H and O–H groups in total. The van der Waals surface area contributed by atoms with Crippen molar-refractivity contribution in [1.82, 2.24) is 9.97 Å². The van der Waals surface area contributed by atoms with Crippen molar-refractivity contribution in [2.24, 2.45) is 5.84 Å². The third-order valence-electron chi connectivity index (χ3n) is 2.07. The fourth-order valence-electron chi connectivity index (χ4n) is 1.48. The third kappa shape index (κ3) is 4.94. The van der Waals surface area contributed by atoms with Crippen molar-refractivity contribution in [3.8, 4) is 0 Å². The molecule has 0 aliphatic rings. The molecule has 0 fully saturated rings. The van der Waals surface area contributed by atoms with E-state index in [-0.39, 0.29) is 6.04 Å². The summed E-state index contributed by atoms with van der Waals surface area (Å²) in [5, 5.41) is 3.15. The van der Waals surface area contributed by atoms with E-state index in [1.807, 2.05) is 6.92 Å². The van der Waals surface area contributed by atoms with Gasteiger partial charge in [-0.3, -0.25) is 4.21 Å². The van der Waals surface area contributed by atoms with Crippen LogP contribution in [0.25, 0.3) is 0 Å². The molecular weight excluding hydrogens is 254 g/mol. The van der Waals surface area contributed by atoms with Crippen molar-refractivity contribution in [3.63, 3.8) is 0 Å². The molecule has 1 aromatic rings. The molecule has 0 aliphatic heterocycles. The second-order valence-corrected chi connectivity index (χ2v) is 5.40. The summed E-state index contributed by atoms with van der Waals surface area (Å²) in [6, 6.07) is 1.74. The summed E-state index contributed by atoms with van der Waals surface area (Å²) in [6.07, 6.45) is 1.67. The first kappa shape index (κ1) is 14.8. The molecule has 0 amide bonds. The van der Waals surface area contributed by atoms with E-state index in [4.69, 9.17) is 10.6 Å². The number of nitrogens with two attached hydrogens (primary N) is 1. The number of nitrogens with zero attached hydrogens (tertiary/aromatic N) is 2. The third-order valence-corrected chi connectivity index (χ3v) is 3.04. The molecule has 8 heteroatoms. The van der Waals surface area contributed by atoms with Gasteiger partial charge in [-0.15, -0.1) is 0 Å². The lowest BCUT2D eigenvalue weighted by molar-refractivity contribution is 0.178. The van der Waals surface area contributed by atoms with Crippen LogP contribution in [-0.2, 0) is 22.1 Å². The quantitative estimate of drug-likeness (QED) is 0.478. The highest BCUT2D eigenvalue weighted by molar-refractivity contribution is 7.84. The van der Waals surface area contributed by atoms with E-state index in [1.165, 1.54) is 0 Å². The summed E-state index contributed by atoms with van der Waals surface area (Å²) in [5.41, 5.74) is 2.47. The Bertz CT molecular complexity index is 415. The zero-order valence-electron chi connectivity index (χ0n) is 10.8. The average molecular weight is 273 g/mol. The van der Waals surface area contributed by atoms with Crippen molar-refractivity contribution in [2.75, 3.05) is 29.9 Å². The van der Waals surface area contributed by atoms with Crippen LogP contribution < -0.4 is 16.6 Å². The number of nitrogen functional groups attached to an aromatic ring is 1. The van der Waals surface area contributed by atoms with Gasteiger partial charge in [0.15, 0.2) is 5.82 Å². The minimum absolute atomic E-state index is 0.0479. The molecule has 1 heterocycles. The van der Waals surface area contributed by atoms with Gasteiger partial charge >= 0.3 is 0 Å². The largest absolute Gasteiger partial charge is 0.377 e. The Balaban J connectivity index is 2.80. The number of nitrogens with one attached hydrogen (secondary N) is 2. The molecule has 2 unspecified atom stereocenters. The Morgan fingerprint density at radius 1 is 1.50 bits per heavy atom. The molecule has 102 valence electrons. The molecule has 0 saturated heterocycles. The Kier molecular flexibility index (Phi) is 5.96. The fraction of sp³-hybridized carbons (Fsp3) is 0.600. The predicted molar refractivity (Wildman–Crippen MR) is 72.6 cm³/mol. The number of rotatable bonds is 7. The van der Waals surface area contributed by atoms with Gasteiger partial charge in [0, 0.05) is 42.0 Å². The van der Waals surface area contributed by atoms with Crippen molar-refractivity contribution in [1.29, 1.82) is 0 Å². The Morgan fingerprint density at radius 2 is 2.17 bits per heavy atom. The summed E-state index contributed by atoms with van der Waals surface area (Å²) in [6.45, 7) is 2.24. The van der Waals surface area contributed by atoms with E-state index < -0.39 is 10.8 Å². The molecule has 0 radical (unpaired) electrons. The molecule has 0 bridgehead atoms. The van der Waals surface area contributed by atoms with Crippen molar-refractivity contribution in [2.45, 2.75) is 19.6 Å². The van der Waals surface area contributed by atoms with Crippen LogP contribution >= 0.6 is 0 Å². The van der Waals surface area contributed by atoms with Crippen LogP contribution in [0, 0.1) is 0 Å². The van der Waals surface area contributed by atoms with Crippen LogP contribution in [0.1, 0.15) is 12.7 Å². The normalized spacial score (nSPS) is 14.0. The van der Waals surface area contributed by atoms with Crippen LogP contribution in [0.2, 0.25) is 0 Å². The minimum Gasteiger partial charge on any atom is -0.377 e. The van der Waals surface area contributed by atoms with Gasteiger partial charge in [0.1, 0.15) is 18.2 Å². The lowest BCUT2D eigenvalue weighted by Gasteiger charge is -2.14. The van der Waals surface area contributed by atoms with E-state index in [0.717, 1.165) is 0 Å². The standard InChI is InChI=1S/C10H19N5O2S/c1-7(6-18(3)16)12-8-4-9(15-11)14-10(13-8)5-17-2/h4,7H,5-6,11H2,1-3H3,(H2,12,13,14,15). The predicted octanol–water partition coefficient (Wildman–Crippen LogP) is 0.0875. The zero-order chi connectivity index (χ0) is 13.5. The topological polar surface area (TPSA) is 102 Å². The van der Waals surface area contributed by atoms with Gasteiger partial charge in [-0.05, 0) is 6.92 Å². The summed E-state index contributed by atoms with van der Waals surface area (Å²) in [4.78, 5) is 8.41. The number of ether oxygens (including phenoxy) is 1. The van der Waals surface area contributed by atoms with Crippen LogP contribution in [0.15, 0.2) is 6.07 Å². The Labute approximate surface area is 109 Å². The maximum Gasteiger partial charge on any atom is 0.158 e. The average Bonchev–Trinajstić information content (AvgIpc) is 2.27. The first-order chi connectivity index (χ1) is 8.55. The van der Waals surface area contributed by atoms with E-state index in [1.54, 1.807) is 19.4 Å². The first-order valence-electron chi connectivity index (χ1n) is 5.45. The zero-order valence-corrected chi connectivity index (χ0v) is 11.6. The summed E-state index contributed by atoms with van der Waals surface area (Å²) < 4.78 is 16.1. The number of methoxy groups -OCH3 is 1. The maximum absolute atomic E-state index is 11.1. The van der Waals surface area contributed by atoms with Crippen molar-refractivity contribution >= 4 is 22.4 Å². The summed E-state index contributed by atoms with van der Waals surface area (Å²) in [7, 11) is 0.715. The van der Waals surface area contributed by atoms with Crippen LogP contribution in [-0.4, -0.2) is 39.3 Å². The molecular formula is C10H19N5O2S. The highest BCUT2D eigenvalue weighted by Crippen LogP contribution is 2.12.